The summed E-state index contributed by atoms with van der Waals surface area (Å²) in [4.78, 5) is 12.2. The lowest BCUT2D eigenvalue weighted by atomic mass is 9.85. The molecule has 0 radical (unpaired) electrons. The Bertz CT molecular complexity index is 409. The monoisotopic (exact) mass is 340 g/mol. The maximum Gasteiger partial charge on any atom is 0.317 e. The second-order valence-electron chi connectivity index (χ2n) is 7.35. The van der Waals surface area contributed by atoms with Crippen molar-refractivity contribution in [3.8, 4) is 0 Å². The summed E-state index contributed by atoms with van der Waals surface area (Å²) in [6, 6.07) is 0.883. The molecule has 0 aromatic heterocycles. The largest absolute Gasteiger partial charge is 0.379 e. The number of fused-ring (bicyclic) bond motifs is 1. The molecule has 0 spiro atoms. The van der Waals surface area contributed by atoms with Gasteiger partial charge in [0.2, 0.25) is 0 Å². The van der Waals surface area contributed by atoms with Crippen LogP contribution in [-0.4, -0.2) is 57.4 Å². The van der Waals surface area contributed by atoms with Crippen molar-refractivity contribution in [1.29, 1.82) is 0 Å². The minimum Gasteiger partial charge on any atom is -0.379 e. The van der Waals surface area contributed by atoms with Crippen LogP contribution in [-0.2, 0) is 9.47 Å². The summed E-state index contributed by atoms with van der Waals surface area (Å²) in [6.45, 7) is 0.682. The number of carbonyl (C=O) groups is 1. The molecular weight excluding hydrogens is 308 g/mol. The Morgan fingerprint density at radius 2 is 1.67 bits per heavy atom. The average Bonchev–Trinajstić information content (AvgIpc) is 3.01. The molecule has 3 aliphatic rings. The normalized spacial score (nSPS) is 39.2. The first-order chi connectivity index (χ1) is 11.7. The molecular formula is C17H32N4O3. The summed E-state index contributed by atoms with van der Waals surface area (Å²) >= 11 is 0. The van der Waals surface area contributed by atoms with Gasteiger partial charge in [-0.2, -0.15) is 0 Å². The van der Waals surface area contributed by atoms with E-state index in [4.69, 9.17) is 9.47 Å². The van der Waals surface area contributed by atoms with Crippen molar-refractivity contribution in [3.05, 3.63) is 0 Å². The second kappa shape index (κ2) is 8.47. The molecule has 138 valence electrons. The molecule has 2 saturated carbocycles. The topological polar surface area (TPSA) is 83.7 Å². The van der Waals surface area contributed by atoms with Gasteiger partial charge in [0, 0.05) is 32.8 Å². The zero-order valence-electron chi connectivity index (χ0n) is 14.8. The molecule has 1 heterocycles. The van der Waals surface area contributed by atoms with Crippen LogP contribution in [0.25, 0.3) is 0 Å². The van der Waals surface area contributed by atoms with Gasteiger partial charge in [0.1, 0.15) is 6.29 Å². The number of ether oxygens (including phenoxy) is 2. The quantitative estimate of drug-likeness (QED) is 0.598. The zero-order valence-corrected chi connectivity index (χ0v) is 14.8. The van der Waals surface area contributed by atoms with Gasteiger partial charge in [0.15, 0.2) is 0 Å². The predicted molar refractivity (Wildman–Crippen MR) is 91.6 cm³/mol. The highest BCUT2D eigenvalue weighted by molar-refractivity contribution is 5.74. The summed E-state index contributed by atoms with van der Waals surface area (Å²) in [5, 5.41) is 12.9. The SMILES string of the molecule is COC1CCC(CNC(=O)NC2NC3CCCCC3N2)CC1OC. The maximum absolute atomic E-state index is 12.2. The Labute approximate surface area is 144 Å². The number of carbonyl (C=O) groups excluding carboxylic acids is 1. The summed E-state index contributed by atoms with van der Waals surface area (Å²) in [6.07, 6.45) is 8.10. The van der Waals surface area contributed by atoms with Crippen LogP contribution >= 0.6 is 0 Å². The van der Waals surface area contributed by atoms with E-state index in [1.807, 2.05) is 0 Å². The van der Waals surface area contributed by atoms with E-state index < -0.39 is 0 Å². The molecule has 1 saturated heterocycles. The molecule has 3 fully saturated rings. The molecule has 1 aliphatic heterocycles. The number of amides is 2. The number of hydrogen-bond acceptors (Lipinski definition) is 5. The first-order valence-corrected chi connectivity index (χ1v) is 9.31. The fraction of sp³-hybridized carbons (Fsp3) is 0.941. The molecule has 3 rings (SSSR count). The van der Waals surface area contributed by atoms with E-state index in [2.05, 4.69) is 21.3 Å². The van der Waals surface area contributed by atoms with Crippen LogP contribution in [0.3, 0.4) is 0 Å². The molecule has 0 aromatic carbocycles. The second-order valence-corrected chi connectivity index (χ2v) is 7.35. The van der Waals surface area contributed by atoms with E-state index in [0.717, 1.165) is 19.3 Å². The van der Waals surface area contributed by atoms with Gasteiger partial charge in [0.25, 0.3) is 0 Å². The summed E-state index contributed by atoms with van der Waals surface area (Å²) < 4.78 is 11.0. The average molecular weight is 340 g/mol. The van der Waals surface area contributed by atoms with Crippen LogP contribution in [0, 0.1) is 5.92 Å². The van der Waals surface area contributed by atoms with Crippen LogP contribution in [0.5, 0.6) is 0 Å². The number of methoxy groups -OCH3 is 2. The van der Waals surface area contributed by atoms with Crippen molar-refractivity contribution in [2.24, 2.45) is 5.92 Å². The van der Waals surface area contributed by atoms with Gasteiger partial charge in [-0.1, -0.05) is 12.8 Å². The lowest BCUT2D eigenvalue weighted by molar-refractivity contribution is -0.0697. The molecule has 0 aromatic rings. The number of nitrogens with one attached hydrogen (secondary N) is 4. The Morgan fingerprint density at radius 1 is 1.00 bits per heavy atom. The lowest BCUT2D eigenvalue weighted by Crippen LogP contribution is -2.53. The molecule has 5 unspecified atom stereocenters. The zero-order chi connectivity index (χ0) is 16.9. The third-order valence-corrected chi connectivity index (χ3v) is 5.80. The highest BCUT2D eigenvalue weighted by Crippen LogP contribution is 2.27. The summed E-state index contributed by atoms with van der Waals surface area (Å²) in [5.41, 5.74) is 0. The van der Waals surface area contributed by atoms with E-state index in [9.17, 15) is 4.79 Å². The maximum atomic E-state index is 12.2. The molecule has 0 bridgehead atoms. The van der Waals surface area contributed by atoms with Gasteiger partial charge in [-0.05, 0) is 38.0 Å². The standard InChI is InChI=1S/C17H32N4O3/c1-23-14-8-7-11(9-15(14)24-2)10-18-17(22)21-16-19-12-5-3-4-6-13(12)20-16/h11-16,19-20H,3-10H2,1-2H3,(H2,18,21,22). The van der Waals surface area contributed by atoms with E-state index in [1.54, 1.807) is 14.2 Å². The van der Waals surface area contributed by atoms with Crippen LogP contribution in [0.2, 0.25) is 0 Å². The highest BCUT2D eigenvalue weighted by atomic mass is 16.5. The van der Waals surface area contributed by atoms with Crippen molar-refractivity contribution in [2.45, 2.75) is 75.5 Å². The smallest absolute Gasteiger partial charge is 0.317 e. The van der Waals surface area contributed by atoms with E-state index in [0.29, 0.717) is 24.5 Å². The van der Waals surface area contributed by atoms with Crippen molar-refractivity contribution >= 4 is 6.03 Å². The predicted octanol–water partition coefficient (Wildman–Crippen LogP) is 0.903. The molecule has 24 heavy (non-hydrogen) atoms. The Morgan fingerprint density at radius 3 is 2.29 bits per heavy atom. The Balaban J connectivity index is 1.37. The highest BCUT2D eigenvalue weighted by Gasteiger charge is 2.35. The Kier molecular flexibility index (Phi) is 6.32. The first-order valence-electron chi connectivity index (χ1n) is 9.31. The number of rotatable bonds is 5. The lowest BCUT2D eigenvalue weighted by Gasteiger charge is -2.34. The van der Waals surface area contributed by atoms with Gasteiger partial charge in [0.05, 0.1) is 12.2 Å². The summed E-state index contributed by atoms with van der Waals surface area (Å²) in [5.74, 6) is 0.444. The van der Waals surface area contributed by atoms with Crippen LogP contribution < -0.4 is 21.3 Å². The number of hydrogen-bond donors (Lipinski definition) is 4. The number of urea groups is 1. The van der Waals surface area contributed by atoms with Crippen LogP contribution in [0.15, 0.2) is 0 Å². The van der Waals surface area contributed by atoms with E-state index in [-0.39, 0.29) is 24.5 Å². The molecule has 2 amide bonds. The van der Waals surface area contributed by atoms with Crippen molar-refractivity contribution < 1.29 is 14.3 Å². The molecule has 4 N–H and O–H groups in total. The first kappa shape index (κ1) is 17.9. The molecule has 5 atom stereocenters. The van der Waals surface area contributed by atoms with Crippen molar-refractivity contribution in [2.75, 3.05) is 20.8 Å². The minimum absolute atomic E-state index is 0.110. The molecule has 7 heteroatoms. The fourth-order valence-electron chi connectivity index (χ4n) is 4.40. The van der Waals surface area contributed by atoms with Gasteiger partial charge >= 0.3 is 6.03 Å². The third-order valence-electron chi connectivity index (χ3n) is 5.80. The van der Waals surface area contributed by atoms with Gasteiger partial charge in [-0.3, -0.25) is 10.6 Å². The van der Waals surface area contributed by atoms with Crippen LogP contribution in [0.4, 0.5) is 4.79 Å². The van der Waals surface area contributed by atoms with Gasteiger partial charge < -0.3 is 20.1 Å². The molecule has 7 nitrogen and oxygen atoms in total. The summed E-state index contributed by atoms with van der Waals surface area (Å²) in [7, 11) is 3.47. The van der Waals surface area contributed by atoms with Crippen molar-refractivity contribution in [3.63, 3.8) is 0 Å². The molecule has 2 aliphatic carbocycles. The van der Waals surface area contributed by atoms with Crippen LogP contribution in [0.1, 0.15) is 44.9 Å². The fourth-order valence-corrected chi connectivity index (χ4v) is 4.40. The Hall–Kier alpha value is -0.890. The minimum atomic E-state index is -0.117. The van der Waals surface area contributed by atoms with E-state index in [1.165, 1.54) is 25.7 Å². The van der Waals surface area contributed by atoms with Crippen molar-refractivity contribution in [1.82, 2.24) is 21.3 Å². The van der Waals surface area contributed by atoms with Gasteiger partial charge in [-0.25, -0.2) is 4.79 Å². The van der Waals surface area contributed by atoms with Gasteiger partial charge in [-0.15, -0.1) is 0 Å². The van der Waals surface area contributed by atoms with E-state index >= 15 is 0 Å². The third kappa shape index (κ3) is 4.39.